The lowest BCUT2D eigenvalue weighted by molar-refractivity contribution is -0.345. The largest absolute Gasteiger partial charge is 0.461 e. The number of aliphatic hydroxyl groups excluding tert-OH is 1. The Kier molecular flexibility index (Phi) is 19.6. The van der Waals surface area contributed by atoms with E-state index in [0.29, 0.717) is 18.4 Å². The first kappa shape index (κ1) is 56.0. The van der Waals surface area contributed by atoms with Crippen LogP contribution in [-0.2, 0) is 42.9 Å². The Labute approximate surface area is 404 Å². The number of hydrogen-bond donors (Lipinski definition) is 4. The van der Waals surface area contributed by atoms with Gasteiger partial charge in [0, 0.05) is 43.6 Å². The monoisotopic (exact) mass is 950 g/mol. The molecular formula is C54H79NO13. The van der Waals surface area contributed by atoms with Crippen LogP contribution in [-0.4, -0.2) is 105 Å². The fourth-order valence-corrected chi connectivity index (χ4v) is 10.1. The quantitative estimate of drug-likeness (QED) is 0.0516. The van der Waals surface area contributed by atoms with Gasteiger partial charge in [-0.2, -0.15) is 0 Å². The van der Waals surface area contributed by atoms with Gasteiger partial charge in [-0.25, -0.2) is 4.79 Å². The van der Waals surface area contributed by atoms with Gasteiger partial charge < -0.3 is 44.3 Å². The number of carbonyl (C=O) groups excluding carboxylic acids is 5. The second-order valence-electron chi connectivity index (χ2n) is 20.5. The molecule has 4 rings (SSSR count). The molecule has 378 valence electrons. The van der Waals surface area contributed by atoms with Gasteiger partial charge in [0.25, 0.3) is 0 Å². The number of esters is 3. The summed E-state index contributed by atoms with van der Waals surface area (Å²) in [6, 6.07) is -0.752. The van der Waals surface area contributed by atoms with Crippen LogP contribution in [0, 0.1) is 22.7 Å². The normalized spacial score (nSPS) is 31.4. The average molecular weight is 950 g/mol. The number of Topliss-reactive ketones (excluding diaryl/α,β-unsaturated/α-hetero) is 1. The molecule has 3 aliphatic carbocycles. The third-order valence-corrected chi connectivity index (χ3v) is 14.1. The standard InChI is InChI=1S/C54H79NO13/c1-12-13-14-15-16-17-18-19-20-21-22-23-24-25-26-27-28-29-30-31-42(57)67-40-32-41-53(62,34-64-41)45-47(65-38(5)56)54(63)33-39(36(3)43(51(54,9)10)44(58)46(59)52(40,45)11)66-48(60)35(2)37(4)55-49(61)68-50(6,7)8/h13-14,16-17,19-20,22-23,25-26,28-29,35,37,39-41,44-45,47,58,62-63H,12,15,18,21,24,27,30-34H2,1-11H3,(H,55,61)/b14-13-,17-16-,20-19-,23-22-,26-25-,29-28-/t35?,37-,39?,40-,41+,44+,45-,47-,52+,53-,54+/m0/s1. The highest BCUT2D eigenvalue weighted by Crippen LogP contribution is 2.63. The van der Waals surface area contributed by atoms with Gasteiger partial charge >= 0.3 is 24.0 Å². The van der Waals surface area contributed by atoms with Crippen molar-refractivity contribution >= 4 is 29.8 Å². The number of allylic oxidation sites excluding steroid dienone is 12. The van der Waals surface area contributed by atoms with Crippen molar-refractivity contribution in [3.63, 3.8) is 0 Å². The fourth-order valence-electron chi connectivity index (χ4n) is 10.1. The summed E-state index contributed by atoms with van der Waals surface area (Å²) in [7, 11) is 0. The van der Waals surface area contributed by atoms with E-state index in [0.717, 1.165) is 39.0 Å². The molecule has 1 amide bonds. The molecule has 68 heavy (non-hydrogen) atoms. The van der Waals surface area contributed by atoms with Crippen LogP contribution >= 0.6 is 0 Å². The predicted molar refractivity (Wildman–Crippen MR) is 259 cm³/mol. The highest BCUT2D eigenvalue weighted by molar-refractivity contribution is 5.94. The molecular weight excluding hydrogens is 871 g/mol. The van der Waals surface area contributed by atoms with Gasteiger partial charge in [0.15, 0.2) is 5.78 Å². The second kappa shape index (κ2) is 23.8. The highest BCUT2D eigenvalue weighted by Gasteiger charge is 2.77. The van der Waals surface area contributed by atoms with Crippen LogP contribution in [0.15, 0.2) is 84.1 Å². The maximum Gasteiger partial charge on any atom is 0.407 e. The highest BCUT2D eigenvalue weighted by atomic mass is 16.6. The van der Waals surface area contributed by atoms with Crippen molar-refractivity contribution in [3.05, 3.63) is 84.1 Å². The number of alkyl carbamates (subject to hydrolysis) is 1. The molecule has 14 nitrogen and oxygen atoms in total. The van der Waals surface area contributed by atoms with Gasteiger partial charge in [-0.05, 0) is 105 Å². The van der Waals surface area contributed by atoms with Crippen molar-refractivity contribution in [2.24, 2.45) is 22.7 Å². The van der Waals surface area contributed by atoms with E-state index in [1.807, 2.05) is 18.2 Å². The molecule has 4 N–H and O–H groups in total. The fraction of sp³-hybridized carbons (Fsp3) is 0.648. The number of ketones is 1. The Morgan fingerprint density at radius 2 is 1.37 bits per heavy atom. The predicted octanol–water partition coefficient (Wildman–Crippen LogP) is 8.35. The van der Waals surface area contributed by atoms with Crippen molar-refractivity contribution < 1.29 is 63.0 Å². The molecule has 2 unspecified atom stereocenters. The van der Waals surface area contributed by atoms with Crippen LogP contribution in [0.1, 0.15) is 140 Å². The first-order chi connectivity index (χ1) is 31.9. The summed E-state index contributed by atoms with van der Waals surface area (Å²) in [5, 5.41) is 40.7. The Balaban J connectivity index is 1.50. The van der Waals surface area contributed by atoms with E-state index in [1.54, 1.807) is 55.4 Å². The average Bonchev–Trinajstić information content (AvgIpc) is 3.24. The van der Waals surface area contributed by atoms with Crippen molar-refractivity contribution in [1.82, 2.24) is 5.32 Å². The van der Waals surface area contributed by atoms with Crippen molar-refractivity contribution in [2.45, 2.75) is 194 Å². The lowest BCUT2D eigenvalue weighted by Gasteiger charge is -2.67. The SMILES string of the molecule is CC/C=C\C/C=C\C/C=C\C/C=C\C/C=C\C/C=C\CCC(=O)O[C@H]1C[C@H]2OC[C@@]2(O)[C@H]2[C@H](OC(C)=O)[C@]3(O)CC(OC(=O)C(C)[C@H](C)NC(=O)OC(C)(C)C)C(C)=C([C@@H](O)C(=O)[C@]12C)C3(C)C. The van der Waals surface area contributed by atoms with E-state index >= 15 is 4.79 Å². The second-order valence-corrected chi connectivity index (χ2v) is 20.5. The van der Waals surface area contributed by atoms with Gasteiger partial charge in [0.1, 0.15) is 41.2 Å². The summed E-state index contributed by atoms with van der Waals surface area (Å²) in [4.78, 5) is 68.2. The molecule has 3 fully saturated rings. The minimum absolute atomic E-state index is 0.0298. The van der Waals surface area contributed by atoms with Crippen molar-refractivity contribution in [3.8, 4) is 0 Å². The van der Waals surface area contributed by atoms with Gasteiger partial charge in [0.05, 0.1) is 24.0 Å². The molecule has 0 aromatic rings. The van der Waals surface area contributed by atoms with Gasteiger partial charge in [-0.15, -0.1) is 0 Å². The minimum atomic E-state index is -2.20. The Morgan fingerprint density at radius 3 is 1.85 bits per heavy atom. The molecule has 14 heteroatoms. The van der Waals surface area contributed by atoms with Crippen LogP contribution < -0.4 is 5.32 Å². The number of aliphatic hydroxyl groups is 3. The van der Waals surface area contributed by atoms with Crippen LogP contribution in [0.25, 0.3) is 0 Å². The summed E-state index contributed by atoms with van der Waals surface area (Å²) in [5.74, 6) is -5.43. The number of amides is 1. The van der Waals surface area contributed by atoms with Crippen LogP contribution in [0.5, 0.6) is 0 Å². The van der Waals surface area contributed by atoms with E-state index in [2.05, 4.69) is 66.9 Å². The summed E-state index contributed by atoms with van der Waals surface area (Å²) >= 11 is 0. The lowest BCUT2D eigenvalue weighted by atomic mass is 9.44. The third-order valence-electron chi connectivity index (χ3n) is 14.1. The maximum atomic E-state index is 15.2. The van der Waals surface area contributed by atoms with Crippen molar-refractivity contribution in [1.29, 1.82) is 0 Å². The van der Waals surface area contributed by atoms with Crippen LogP contribution in [0.4, 0.5) is 4.79 Å². The Morgan fingerprint density at radius 1 is 0.838 bits per heavy atom. The summed E-state index contributed by atoms with van der Waals surface area (Å²) in [6.07, 6.45) is 22.5. The Hall–Kier alpha value is -4.63. The number of rotatable bonds is 20. The maximum absolute atomic E-state index is 15.2. The molecule has 1 saturated heterocycles. The molecule has 2 bridgehead atoms. The molecule has 1 heterocycles. The first-order valence-corrected chi connectivity index (χ1v) is 24.3. The van der Waals surface area contributed by atoms with Gasteiger partial charge in [-0.3, -0.25) is 19.2 Å². The van der Waals surface area contributed by atoms with E-state index in [1.165, 1.54) is 6.92 Å². The van der Waals surface area contributed by atoms with Crippen molar-refractivity contribution in [2.75, 3.05) is 6.61 Å². The lowest BCUT2D eigenvalue weighted by Crippen LogP contribution is -2.81. The molecule has 0 aromatic heterocycles. The molecule has 1 aliphatic heterocycles. The topological polar surface area (TPSA) is 204 Å². The number of hydrogen-bond acceptors (Lipinski definition) is 13. The zero-order valence-corrected chi connectivity index (χ0v) is 42.2. The summed E-state index contributed by atoms with van der Waals surface area (Å²) in [6.45, 7) is 17.5. The zero-order valence-electron chi connectivity index (χ0n) is 42.2. The molecule has 0 radical (unpaired) electrons. The number of nitrogens with one attached hydrogen (secondary N) is 1. The third kappa shape index (κ3) is 13.0. The van der Waals surface area contributed by atoms with E-state index in [9.17, 15) is 34.5 Å². The molecule has 2 saturated carbocycles. The summed E-state index contributed by atoms with van der Waals surface area (Å²) in [5.41, 5.74) is -7.96. The number of carbonyl (C=O) groups is 5. The van der Waals surface area contributed by atoms with Gasteiger partial charge in [0.2, 0.25) is 0 Å². The molecule has 4 aliphatic rings. The minimum Gasteiger partial charge on any atom is -0.461 e. The smallest absolute Gasteiger partial charge is 0.407 e. The van der Waals surface area contributed by atoms with Gasteiger partial charge in [-0.1, -0.05) is 93.7 Å². The molecule has 11 atom stereocenters. The molecule has 0 spiro atoms. The number of ether oxygens (including phenoxy) is 5. The van der Waals surface area contributed by atoms with Crippen LogP contribution in [0.3, 0.4) is 0 Å². The summed E-state index contributed by atoms with van der Waals surface area (Å²) < 4.78 is 29.4. The van der Waals surface area contributed by atoms with Crippen LogP contribution in [0.2, 0.25) is 0 Å². The molecule has 0 aromatic carbocycles. The Bertz CT molecular complexity index is 2020. The number of fused-ring (bicyclic) bond motifs is 5. The van der Waals surface area contributed by atoms with E-state index in [4.69, 9.17) is 23.7 Å². The van der Waals surface area contributed by atoms with E-state index < -0.39 is 106 Å². The van der Waals surface area contributed by atoms with E-state index in [-0.39, 0.29) is 31.4 Å². The first-order valence-electron chi connectivity index (χ1n) is 24.3. The zero-order chi connectivity index (χ0) is 50.7.